The first-order chi connectivity index (χ1) is 8.27. The molecule has 1 unspecified atom stereocenters. The number of carbonyl (C=O) groups is 1. The van der Waals surface area contributed by atoms with Gasteiger partial charge in [-0.15, -0.1) is 0 Å². The van der Waals surface area contributed by atoms with Crippen molar-refractivity contribution < 1.29 is 9.63 Å². The fourth-order valence-corrected chi connectivity index (χ4v) is 1.83. The highest BCUT2D eigenvalue weighted by molar-refractivity contribution is 6.03. The number of amides is 1. The number of oxime groups is 1. The standard InChI is InChI=1S/C12H11N3O2/c1-14-7-8-15-10(9-5-3-2-4-6-9)13-17-12(15)11(14)16/h2-8,12H,1H3. The third kappa shape index (κ3) is 1.47. The molecule has 17 heavy (non-hydrogen) atoms. The Labute approximate surface area is 98.6 Å². The molecule has 0 bridgehead atoms. The van der Waals surface area contributed by atoms with Crippen molar-refractivity contribution in [1.29, 1.82) is 0 Å². The molecule has 0 aromatic heterocycles. The summed E-state index contributed by atoms with van der Waals surface area (Å²) in [5, 5.41) is 3.98. The number of likely N-dealkylation sites (N-methyl/N-ethyl adjacent to an activating group) is 1. The van der Waals surface area contributed by atoms with Gasteiger partial charge in [-0.05, 0) is 0 Å². The van der Waals surface area contributed by atoms with Crippen molar-refractivity contribution >= 4 is 11.7 Å². The molecule has 2 aliphatic heterocycles. The number of hydrogen-bond donors (Lipinski definition) is 0. The van der Waals surface area contributed by atoms with Crippen LogP contribution in [0.4, 0.5) is 0 Å². The first-order valence-electron chi connectivity index (χ1n) is 5.30. The van der Waals surface area contributed by atoms with Crippen molar-refractivity contribution in [3.63, 3.8) is 0 Å². The topological polar surface area (TPSA) is 45.1 Å². The quantitative estimate of drug-likeness (QED) is 0.720. The van der Waals surface area contributed by atoms with E-state index in [-0.39, 0.29) is 5.91 Å². The Morgan fingerprint density at radius 1 is 1.24 bits per heavy atom. The van der Waals surface area contributed by atoms with E-state index in [1.54, 1.807) is 24.3 Å². The number of carbonyl (C=O) groups excluding carboxylic acids is 1. The largest absolute Gasteiger partial charge is 0.358 e. The Balaban J connectivity index is 1.96. The lowest BCUT2D eigenvalue weighted by atomic mass is 10.2. The van der Waals surface area contributed by atoms with Crippen LogP contribution >= 0.6 is 0 Å². The Kier molecular flexibility index (Phi) is 2.11. The highest BCUT2D eigenvalue weighted by atomic mass is 16.7. The minimum Gasteiger partial charge on any atom is -0.358 e. The van der Waals surface area contributed by atoms with Gasteiger partial charge in [0.05, 0.1) is 0 Å². The first kappa shape index (κ1) is 9.89. The van der Waals surface area contributed by atoms with E-state index in [0.717, 1.165) is 5.56 Å². The van der Waals surface area contributed by atoms with Crippen molar-refractivity contribution in [1.82, 2.24) is 9.80 Å². The van der Waals surface area contributed by atoms with Crippen molar-refractivity contribution in [3.05, 3.63) is 48.3 Å². The summed E-state index contributed by atoms with van der Waals surface area (Å²) >= 11 is 0. The van der Waals surface area contributed by atoms with Crippen molar-refractivity contribution in [2.75, 3.05) is 7.05 Å². The molecular weight excluding hydrogens is 218 g/mol. The fourth-order valence-electron chi connectivity index (χ4n) is 1.83. The minimum atomic E-state index is -0.666. The molecule has 2 heterocycles. The molecule has 0 radical (unpaired) electrons. The lowest BCUT2D eigenvalue weighted by Crippen LogP contribution is -2.47. The highest BCUT2D eigenvalue weighted by Gasteiger charge is 2.39. The van der Waals surface area contributed by atoms with Crippen LogP contribution < -0.4 is 0 Å². The molecule has 0 N–H and O–H groups in total. The van der Waals surface area contributed by atoms with E-state index >= 15 is 0 Å². The number of hydrogen-bond acceptors (Lipinski definition) is 4. The van der Waals surface area contributed by atoms with Gasteiger partial charge in [0, 0.05) is 25.0 Å². The monoisotopic (exact) mass is 229 g/mol. The van der Waals surface area contributed by atoms with Gasteiger partial charge in [0.2, 0.25) is 0 Å². The van der Waals surface area contributed by atoms with E-state index in [1.165, 1.54) is 4.90 Å². The van der Waals surface area contributed by atoms with Crippen LogP contribution in [0.1, 0.15) is 5.56 Å². The highest BCUT2D eigenvalue weighted by Crippen LogP contribution is 2.22. The zero-order valence-corrected chi connectivity index (χ0v) is 9.28. The summed E-state index contributed by atoms with van der Waals surface area (Å²) in [6.45, 7) is 0. The van der Waals surface area contributed by atoms with Gasteiger partial charge in [-0.3, -0.25) is 9.69 Å². The van der Waals surface area contributed by atoms with Crippen LogP contribution in [0.5, 0.6) is 0 Å². The molecule has 5 nitrogen and oxygen atoms in total. The summed E-state index contributed by atoms with van der Waals surface area (Å²) in [5.74, 6) is 0.537. The van der Waals surface area contributed by atoms with Gasteiger partial charge >= 0.3 is 0 Å². The van der Waals surface area contributed by atoms with Gasteiger partial charge in [0.15, 0.2) is 5.84 Å². The molecule has 0 spiro atoms. The molecule has 2 aliphatic rings. The number of benzene rings is 1. The number of rotatable bonds is 1. The summed E-state index contributed by atoms with van der Waals surface area (Å²) in [6, 6.07) is 9.64. The summed E-state index contributed by atoms with van der Waals surface area (Å²) in [5.41, 5.74) is 0.928. The fraction of sp³-hybridized carbons (Fsp3) is 0.167. The maximum absolute atomic E-state index is 11.8. The number of nitrogens with zero attached hydrogens (tertiary/aromatic N) is 3. The van der Waals surface area contributed by atoms with E-state index in [9.17, 15) is 4.79 Å². The molecule has 1 amide bonds. The predicted molar refractivity (Wildman–Crippen MR) is 61.6 cm³/mol. The van der Waals surface area contributed by atoms with Gasteiger partial charge in [-0.25, -0.2) is 0 Å². The van der Waals surface area contributed by atoms with Gasteiger partial charge < -0.3 is 9.74 Å². The summed E-state index contributed by atoms with van der Waals surface area (Å²) < 4.78 is 0. The smallest absolute Gasteiger partial charge is 0.292 e. The third-order valence-corrected chi connectivity index (χ3v) is 2.78. The minimum absolute atomic E-state index is 0.123. The predicted octanol–water partition coefficient (Wildman–Crippen LogP) is 0.950. The maximum Gasteiger partial charge on any atom is 0.292 e. The second kappa shape index (κ2) is 3.62. The third-order valence-electron chi connectivity index (χ3n) is 2.78. The Bertz CT molecular complexity index is 510. The molecule has 0 saturated carbocycles. The molecule has 0 saturated heterocycles. The SMILES string of the molecule is CN1C=CN2C(c3ccccc3)=NOC2C1=O. The average molecular weight is 229 g/mol. The molecule has 3 rings (SSSR count). The summed E-state index contributed by atoms with van der Waals surface area (Å²) in [7, 11) is 1.69. The summed E-state index contributed by atoms with van der Waals surface area (Å²) in [6.07, 6.45) is 2.83. The van der Waals surface area contributed by atoms with E-state index < -0.39 is 6.23 Å². The van der Waals surface area contributed by atoms with Crippen molar-refractivity contribution in [2.45, 2.75) is 6.23 Å². The van der Waals surface area contributed by atoms with E-state index in [4.69, 9.17) is 4.84 Å². The second-order valence-corrected chi connectivity index (χ2v) is 3.89. The molecule has 86 valence electrons. The molecule has 5 heteroatoms. The molecule has 1 aromatic carbocycles. The van der Waals surface area contributed by atoms with Crippen LogP contribution in [-0.2, 0) is 9.63 Å². The molecular formula is C12H11N3O2. The van der Waals surface area contributed by atoms with E-state index in [2.05, 4.69) is 5.16 Å². The maximum atomic E-state index is 11.8. The number of fused-ring (bicyclic) bond motifs is 1. The Morgan fingerprint density at radius 3 is 2.76 bits per heavy atom. The average Bonchev–Trinajstić information content (AvgIpc) is 2.79. The lowest BCUT2D eigenvalue weighted by molar-refractivity contribution is -0.145. The lowest BCUT2D eigenvalue weighted by Gasteiger charge is -2.28. The van der Waals surface area contributed by atoms with Crippen LogP contribution in [0, 0.1) is 0 Å². The zero-order valence-electron chi connectivity index (χ0n) is 9.28. The van der Waals surface area contributed by atoms with Crippen LogP contribution in [0.2, 0.25) is 0 Å². The van der Waals surface area contributed by atoms with Crippen LogP contribution in [-0.4, -0.2) is 34.8 Å². The molecule has 0 fully saturated rings. The molecule has 0 aliphatic carbocycles. The Hall–Kier alpha value is -2.30. The van der Waals surface area contributed by atoms with Crippen molar-refractivity contribution in [2.24, 2.45) is 5.16 Å². The van der Waals surface area contributed by atoms with Crippen molar-refractivity contribution in [3.8, 4) is 0 Å². The normalized spacial score (nSPS) is 22.3. The van der Waals surface area contributed by atoms with Gasteiger partial charge in [-0.1, -0.05) is 35.5 Å². The van der Waals surface area contributed by atoms with E-state index in [0.29, 0.717) is 5.84 Å². The molecule has 1 aromatic rings. The number of amidine groups is 1. The van der Waals surface area contributed by atoms with Crippen LogP contribution in [0.3, 0.4) is 0 Å². The van der Waals surface area contributed by atoms with Crippen LogP contribution in [0.25, 0.3) is 0 Å². The summed E-state index contributed by atoms with van der Waals surface area (Å²) in [4.78, 5) is 20.2. The zero-order chi connectivity index (χ0) is 11.8. The molecule has 1 atom stereocenters. The first-order valence-corrected chi connectivity index (χ1v) is 5.30. The Morgan fingerprint density at radius 2 is 2.00 bits per heavy atom. The van der Waals surface area contributed by atoms with E-state index in [1.807, 2.05) is 30.3 Å². The van der Waals surface area contributed by atoms with Gasteiger partial charge in [0.25, 0.3) is 12.1 Å². The van der Waals surface area contributed by atoms with Gasteiger partial charge in [-0.2, -0.15) is 0 Å². The second-order valence-electron chi connectivity index (χ2n) is 3.89. The van der Waals surface area contributed by atoms with Crippen LogP contribution in [0.15, 0.2) is 47.9 Å². The van der Waals surface area contributed by atoms with Gasteiger partial charge in [0.1, 0.15) is 0 Å².